The van der Waals surface area contributed by atoms with Gasteiger partial charge in [-0.15, -0.1) is 0 Å². The zero-order valence-electron chi connectivity index (χ0n) is 15.5. The Kier molecular flexibility index (Phi) is 4.75. The van der Waals surface area contributed by atoms with Crippen LogP contribution in [0.2, 0.25) is 0 Å². The second-order valence-electron chi connectivity index (χ2n) is 7.62. The summed E-state index contributed by atoms with van der Waals surface area (Å²) in [4.78, 5) is 50.2. The number of carbonyl (C=O) groups is 4. The van der Waals surface area contributed by atoms with Gasteiger partial charge in [0.1, 0.15) is 6.54 Å². The predicted molar refractivity (Wildman–Crippen MR) is 98.4 cm³/mol. The summed E-state index contributed by atoms with van der Waals surface area (Å²) in [5.74, 6) is -2.30. The molecular formula is C21H22N2O5. The van der Waals surface area contributed by atoms with Crippen LogP contribution in [0.4, 0.5) is 0 Å². The lowest BCUT2D eigenvalue weighted by atomic mass is 9.85. The monoisotopic (exact) mass is 382 g/mol. The molecule has 3 aliphatic rings. The molecule has 5 atom stereocenters. The quantitative estimate of drug-likeness (QED) is 0.454. The van der Waals surface area contributed by atoms with E-state index >= 15 is 0 Å². The molecule has 2 aliphatic carbocycles. The lowest BCUT2D eigenvalue weighted by molar-refractivity contribution is -0.155. The molecule has 1 saturated heterocycles. The molecule has 3 amide bonds. The van der Waals surface area contributed by atoms with Crippen molar-refractivity contribution in [1.82, 2.24) is 10.2 Å². The van der Waals surface area contributed by atoms with Crippen LogP contribution >= 0.6 is 0 Å². The minimum Gasteiger partial charge on any atom is -0.454 e. The number of rotatable bonds is 6. The minimum absolute atomic E-state index is 0.0951. The Morgan fingerprint density at radius 1 is 1.11 bits per heavy atom. The number of hydrogen-bond donors (Lipinski definition) is 1. The van der Waals surface area contributed by atoms with Gasteiger partial charge >= 0.3 is 5.97 Å². The van der Waals surface area contributed by atoms with Gasteiger partial charge in [-0.05, 0) is 30.7 Å². The van der Waals surface area contributed by atoms with E-state index in [-0.39, 0.29) is 41.5 Å². The van der Waals surface area contributed by atoms with Crippen molar-refractivity contribution in [2.75, 3.05) is 13.2 Å². The molecule has 1 saturated carbocycles. The molecule has 1 heterocycles. The van der Waals surface area contributed by atoms with Gasteiger partial charge in [0, 0.05) is 0 Å². The number of allylic oxidation sites excluding steroid dienone is 2. The van der Waals surface area contributed by atoms with Crippen LogP contribution in [0.5, 0.6) is 0 Å². The van der Waals surface area contributed by atoms with E-state index in [1.165, 1.54) is 0 Å². The number of nitrogens with one attached hydrogen (secondary N) is 1. The van der Waals surface area contributed by atoms with Gasteiger partial charge in [0.05, 0.1) is 17.9 Å². The Balaban J connectivity index is 1.27. The van der Waals surface area contributed by atoms with E-state index < -0.39 is 25.0 Å². The number of ether oxygens (including phenoxy) is 1. The molecule has 7 nitrogen and oxygen atoms in total. The maximum absolute atomic E-state index is 12.5. The zero-order valence-corrected chi connectivity index (χ0v) is 15.5. The van der Waals surface area contributed by atoms with Crippen molar-refractivity contribution in [3.05, 3.63) is 48.0 Å². The van der Waals surface area contributed by atoms with Gasteiger partial charge in [-0.1, -0.05) is 42.5 Å². The molecule has 1 aromatic carbocycles. The van der Waals surface area contributed by atoms with Crippen molar-refractivity contribution in [2.24, 2.45) is 23.7 Å². The first kappa shape index (κ1) is 18.4. The first-order valence-corrected chi connectivity index (χ1v) is 9.49. The van der Waals surface area contributed by atoms with E-state index in [1.807, 2.05) is 49.4 Å². The van der Waals surface area contributed by atoms with Gasteiger partial charge in [0.2, 0.25) is 11.8 Å². The van der Waals surface area contributed by atoms with E-state index in [1.54, 1.807) is 0 Å². The Morgan fingerprint density at radius 2 is 1.71 bits per heavy atom. The van der Waals surface area contributed by atoms with Gasteiger partial charge in [-0.3, -0.25) is 24.1 Å². The fourth-order valence-corrected chi connectivity index (χ4v) is 4.55. The van der Waals surface area contributed by atoms with Crippen molar-refractivity contribution in [3.8, 4) is 0 Å². The molecule has 2 bridgehead atoms. The van der Waals surface area contributed by atoms with Gasteiger partial charge in [0.25, 0.3) is 5.91 Å². The number of carbonyl (C=O) groups excluding carboxylic acids is 4. The van der Waals surface area contributed by atoms with Crippen molar-refractivity contribution < 1.29 is 23.9 Å². The second-order valence-corrected chi connectivity index (χ2v) is 7.62. The van der Waals surface area contributed by atoms with Crippen LogP contribution in [-0.2, 0) is 23.9 Å². The highest BCUT2D eigenvalue weighted by Crippen LogP contribution is 2.52. The Morgan fingerprint density at radius 3 is 2.32 bits per heavy atom. The molecule has 2 fully saturated rings. The number of fused-ring (bicyclic) bond motifs is 5. The topological polar surface area (TPSA) is 92.8 Å². The molecule has 0 unspecified atom stereocenters. The van der Waals surface area contributed by atoms with Crippen LogP contribution in [0.15, 0.2) is 42.5 Å². The highest BCUT2D eigenvalue weighted by molar-refractivity contribution is 6.08. The van der Waals surface area contributed by atoms with Crippen LogP contribution in [0.25, 0.3) is 0 Å². The van der Waals surface area contributed by atoms with Crippen LogP contribution in [0.1, 0.15) is 24.9 Å². The maximum atomic E-state index is 12.5. The Labute approximate surface area is 162 Å². The van der Waals surface area contributed by atoms with E-state index in [4.69, 9.17) is 4.74 Å². The third-order valence-electron chi connectivity index (χ3n) is 5.89. The molecular weight excluding hydrogens is 360 g/mol. The van der Waals surface area contributed by atoms with Crippen LogP contribution in [0.3, 0.4) is 0 Å². The number of hydrogen-bond acceptors (Lipinski definition) is 5. The Bertz CT molecular complexity index is 820. The third kappa shape index (κ3) is 3.21. The average molecular weight is 382 g/mol. The Hall–Kier alpha value is -2.96. The zero-order chi connectivity index (χ0) is 19.8. The normalized spacial score (nSPS) is 28.4. The summed E-state index contributed by atoms with van der Waals surface area (Å²) in [5.41, 5.74) is 0.935. The fourth-order valence-electron chi connectivity index (χ4n) is 4.55. The van der Waals surface area contributed by atoms with Gasteiger partial charge < -0.3 is 10.1 Å². The van der Waals surface area contributed by atoms with Gasteiger partial charge in [0.15, 0.2) is 6.61 Å². The molecule has 1 aromatic rings. The smallest absolute Gasteiger partial charge is 0.326 e. The summed E-state index contributed by atoms with van der Waals surface area (Å²) >= 11 is 0. The number of likely N-dealkylation sites (tertiary alicyclic amines) is 1. The van der Waals surface area contributed by atoms with Crippen LogP contribution < -0.4 is 5.32 Å². The van der Waals surface area contributed by atoms with E-state index in [0.29, 0.717) is 0 Å². The molecule has 7 heteroatoms. The fraction of sp³-hybridized carbons (Fsp3) is 0.429. The standard InChI is InChI=1S/C21H22N2O5/c1-12(13-5-3-2-4-6-13)22-16(24)11-28-17(25)10-23-20(26)18-14-7-8-15(9-14)19(18)21(23)27/h2-8,12,14-15,18-19H,9-11H2,1H3,(H,22,24)/t12-,14-,15-,18+,19+/m0/s1. The summed E-state index contributed by atoms with van der Waals surface area (Å²) in [5, 5.41) is 2.74. The predicted octanol–water partition coefficient (Wildman–Crippen LogP) is 1.21. The summed E-state index contributed by atoms with van der Waals surface area (Å²) in [7, 11) is 0. The molecule has 0 radical (unpaired) electrons. The largest absolute Gasteiger partial charge is 0.454 e. The highest BCUT2D eigenvalue weighted by Gasteiger charge is 2.59. The molecule has 146 valence electrons. The lowest BCUT2D eigenvalue weighted by Crippen LogP contribution is -2.39. The minimum atomic E-state index is -0.760. The van der Waals surface area contributed by atoms with Crippen molar-refractivity contribution in [1.29, 1.82) is 0 Å². The van der Waals surface area contributed by atoms with Gasteiger partial charge in [-0.2, -0.15) is 0 Å². The SMILES string of the molecule is C[C@H](NC(=O)COC(=O)CN1C(=O)[C@H]2[C@H](C1=O)[C@H]1C=C[C@H]2C1)c1ccccc1. The summed E-state index contributed by atoms with van der Waals surface area (Å²) in [6.07, 6.45) is 4.83. The molecule has 4 rings (SSSR count). The molecule has 0 spiro atoms. The lowest BCUT2D eigenvalue weighted by Gasteiger charge is -2.17. The van der Waals surface area contributed by atoms with Crippen molar-refractivity contribution in [3.63, 3.8) is 0 Å². The average Bonchev–Trinajstić information content (AvgIpc) is 3.37. The molecule has 28 heavy (non-hydrogen) atoms. The number of amides is 3. The van der Waals surface area contributed by atoms with E-state index in [2.05, 4.69) is 5.32 Å². The van der Waals surface area contributed by atoms with E-state index in [0.717, 1.165) is 16.9 Å². The number of imide groups is 1. The molecule has 0 aromatic heterocycles. The second kappa shape index (κ2) is 7.22. The first-order valence-electron chi connectivity index (χ1n) is 9.49. The van der Waals surface area contributed by atoms with E-state index in [9.17, 15) is 19.2 Å². The molecule has 1 aliphatic heterocycles. The number of benzene rings is 1. The number of nitrogens with zero attached hydrogens (tertiary/aromatic N) is 1. The van der Waals surface area contributed by atoms with Crippen molar-refractivity contribution in [2.45, 2.75) is 19.4 Å². The molecule has 1 N–H and O–H groups in total. The summed E-state index contributed by atoms with van der Waals surface area (Å²) in [6.45, 7) is 0.940. The first-order chi connectivity index (χ1) is 13.5. The van der Waals surface area contributed by atoms with Crippen LogP contribution in [-0.4, -0.2) is 41.7 Å². The third-order valence-corrected chi connectivity index (χ3v) is 5.89. The maximum Gasteiger partial charge on any atom is 0.326 e. The van der Waals surface area contributed by atoms with Gasteiger partial charge in [-0.25, -0.2) is 0 Å². The highest BCUT2D eigenvalue weighted by atomic mass is 16.5. The summed E-state index contributed by atoms with van der Waals surface area (Å²) in [6, 6.07) is 9.19. The summed E-state index contributed by atoms with van der Waals surface area (Å²) < 4.78 is 4.98. The van der Waals surface area contributed by atoms with Crippen molar-refractivity contribution >= 4 is 23.7 Å². The number of esters is 1. The van der Waals surface area contributed by atoms with Crippen LogP contribution in [0, 0.1) is 23.7 Å².